The number of alkyl halides is 3. The highest BCUT2D eigenvalue weighted by atomic mass is 19.4. The molecule has 37 heavy (non-hydrogen) atoms. The fraction of sp³-hybridized carbons (Fsp3) is 0.280. The Hall–Kier alpha value is -4.35. The lowest BCUT2D eigenvalue weighted by Crippen LogP contribution is -2.31. The number of hydrogen-bond acceptors (Lipinski definition) is 8. The number of hydrogen-bond donors (Lipinski definition) is 0. The summed E-state index contributed by atoms with van der Waals surface area (Å²) in [4.78, 5) is 45.0. The van der Waals surface area contributed by atoms with Crippen LogP contribution in [-0.4, -0.2) is 45.1 Å². The molecule has 4 rings (SSSR count). The van der Waals surface area contributed by atoms with Crippen LogP contribution < -0.4 is 14.4 Å². The van der Waals surface area contributed by atoms with Gasteiger partial charge in [0.25, 0.3) is 5.91 Å². The molecule has 0 aliphatic carbocycles. The summed E-state index contributed by atoms with van der Waals surface area (Å²) in [5.74, 6) is -4.40. The average Bonchev–Trinajstić information content (AvgIpc) is 3.09. The number of aromatic nitrogens is 3. The molecule has 2 unspecified atom stereocenters. The second-order valence-electron chi connectivity index (χ2n) is 8.53. The average molecular weight is 514 g/mol. The van der Waals surface area contributed by atoms with E-state index >= 15 is 0 Å². The van der Waals surface area contributed by atoms with Gasteiger partial charge in [0.1, 0.15) is 11.7 Å². The highest BCUT2D eigenvalue weighted by Crippen LogP contribution is 2.40. The second-order valence-corrected chi connectivity index (χ2v) is 8.53. The summed E-state index contributed by atoms with van der Waals surface area (Å²) < 4.78 is 46.9. The summed E-state index contributed by atoms with van der Waals surface area (Å²) in [6.07, 6.45) is -3.66. The Bertz CT molecular complexity index is 1310. The Morgan fingerprint density at radius 3 is 2.24 bits per heavy atom. The standard InChI is InChI=1S/C25H21F3N4O5/c1-13(2)36-19-11-7-16(12-29-19)21-20(22(33)15-5-8-17(9-6-15)37-25(26,27)28)23(34)24(35)32(21)18-10-4-14(3)30-31-18/h4-13,20-21H,1-3H3. The van der Waals surface area contributed by atoms with Gasteiger partial charge in [-0.05, 0) is 68.8 Å². The number of ether oxygens (including phenoxy) is 2. The maximum atomic E-state index is 13.5. The van der Waals surface area contributed by atoms with Crippen LogP contribution in [-0.2, 0) is 9.59 Å². The first-order valence-corrected chi connectivity index (χ1v) is 11.1. The second kappa shape index (κ2) is 9.96. The van der Waals surface area contributed by atoms with Crippen molar-refractivity contribution in [1.29, 1.82) is 0 Å². The van der Waals surface area contributed by atoms with E-state index in [-0.39, 0.29) is 17.5 Å². The number of halogens is 3. The van der Waals surface area contributed by atoms with Crippen LogP contribution in [0.15, 0.2) is 54.7 Å². The van der Waals surface area contributed by atoms with Crippen molar-refractivity contribution in [3.8, 4) is 11.6 Å². The maximum Gasteiger partial charge on any atom is 0.573 e. The number of Topliss-reactive ketones (excluding diaryl/α,β-unsaturated/α-hetero) is 2. The molecule has 0 bridgehead atoms. The Morgan fingerprint density at radius 1 is 1.00 bits per heavy atom. The third kappa shape index (κ3) is 5.57. The van der Waals surface area contributed by atoms with Gasteiger partial charge in [-0.25, -0.2) is 4.98 Å². The summed E-state index contributed by atoms with van der Waals surface area (Å²) in [6.45, 7) is 5.34. The summed E-state index contributed by atoms with van der Waals surface area (Å²) in [5, 5.41) is 7.96. The molecule has 0 N–H and O–H groups in total. The van der Waals surface area contributed by atoms with Gasteiger partial charge in [0, 0.05) is 17.8 Å². The Labute approximate surface area is 209 Å². The van der Waals surface area contributed by atoms with Crippen LogP contribution in [0.3, 0.4) is 0 Å². The summed E-state index contributed by atoms with van der Waals surface area (Å²) in [7, 11) is 0. The molecular weight excluding hydrogens is 493 g/mol. The minimum absolute atomic E-state index is 0.0562. The molecule has 1 aliphatic heterocycles. The molecule has 192 valence electrons. The zero-order chi connectivity index (χ0) is 26.9. The molecule has 1 aromatic carbocycles. The van der Waals surface area contributed by atoms with E-state index in [4.69, 9.17) is 4.74 Å². The molecule has 2 aromatic heterocycles. The maximum absolute atomic E-state index is 13.5. The van der Waals surface area contributed by atoms with Crippen LogP contribution >= 0.6 is 0 Å². The zero-order valence-corrected chi connectivity index (χ0v) is 19.9. The number of carbonyl (C=O) groups excluding carboxylic acids is 3. The van der Waals surface area contributed by atoms with E-state index < -0.39 is 41.5 Å². The molecule has 1 saturated heterocycles. The highest BCUT2D eigenvalue weighted by molar-refractivity contribution is 6.48. The molecule has 12 heteroatoms. The molecule has 0 spiro atoms. The summed E-state index contributed by atoms with van der Waals surface area (Å²) in [6, 6.07) is 9.22. The van der Waals surface area contributed by atoms with Gasteiger partial charge in [0.15, 0.2) is 11.6 Å². The molecule has 9 nitrogen and oxygen atoms in total. The number of rotatable bonds is 7. The highest BCUT2D eigenvalue weighted by Gasteiger charge is 2.53. The van der Waals surface area contributed by atoms with E-state index in [1.54, 1.807) is 25.1 Å². The summed E-state index contributed by atoms with van der Waals surface area (Å²) in [5.41, 5.74) is 0.854. The van der Waals surface area contributed by atoms with Gasteiger partial charge in [-0.2, -0.15) is 5.10 Å². The van der Waals surface area contributed by atoms with Gasteiger partial charge < -0.3 is 9.47 Å². The smallest absolute Gasteiger partial charge is 0.475 e. The largest absolute Gasteiger partial charge is 0.573 e. The van der Waals surface area contributed by atoms with Gasteiger partial charge in [-0.3, -0.25) is 19.3 Å². The Morgan fingerprint density at radius 2 is 1.70 bits per heavy atom. The zero-order valence-electron chi connectivity index (χ0n) is 19.9. The van der Waals surface area contributed by atoms with E-state index in [0.717, 1.165) is 29.2 Å². The van der Waals surface area contributed by atoms with Crippen molar-refractivity contribution in [3.05, 3.63) is 71.5 Å². The van der Waals surface area contributed by atoms with Crippen molar-refractivity contribution >= 4 is 23.3 Å². The van der Waals surface area contributed by atoms with Gasteiger partial charge in [-0.15, -0.1) is 18.3 Å². The number of amides is 1. The number of aryl methyl sites for hydroxylation is 1. The van der Waals surface area contributed by atoms with Crippen LogP contribution in [0.25, 0.3) is 0 Å². The van der Waals surface area contributed by atoms with Gasteiger partial charge in [0.2, 0.25) is 11.7 Å². The molecule has 0 saturated carbocycles. The number of benzene rings is 1. The van der Waals surface area contributed by atoms with Crippen LogP contribution in [0.5, 0.6) is 11.6 Å². The Kier molecular flexibility index (Phi) is 6.92. The van der Waals surface area contributed by atoms with Crippen LogP contribution in [0.4, 0.5) is 19.0 Å². The lowest BCUT2D eigenvalue weighted by Gasteiger charge is -2.26. The first-order chi connectivity index (χ1) is 17.4. The molecular formula is C25H21F3N4O5. The van der Waals surface area contributed by atoms with Crippen molar-refractivity contribution in [3.63, 3.8) is 0 Å². The first-order valence-electron chi connectivity index (χ1n) is 11.1. The molecule has 1 fully saturated rings. The van der Waals surface area contributed by atoms with Crippen LogP contribution in [0.2, 0.25) is 0 Å². The minimum Gasteiger partial charge on any atom is -0.475 e. The monoisotopic (exact) mass is 514 g/mol. The fourth-order valence-electron chi connectivity index (χ4n) is 3.92. The third-order valence-corrected chi connectivity index (χ3v) is 5.45. The normalized spacial score (nSPS) is 17.9. The number of nitrogens with zero attached hydrogens (tertiary/aromatic N) is 4. The molecule has 3 aromatic rings. The van der Waals surface area contributed by atoms with Crippen molar-refractivity contribution in [2.24, 2.45) is 5.92 Å². The van der Waals surface area contributed by atoms with Crippen molar-refractivity contribution in [1.82, 2.24) is 15.2 Å². The quantitative estimate of drug-likeness (QED) is 0.264. The number of pyridine rings is 1. The number of carbonyl (C=O) groups is 3. The van der Waals surface area contributed by atoms with Crippen molar-refractivity contribution in [2.45, 2.75) is 39.3 Å². The van der Waals surface area contributed by atoms with E-state index in [0.29, 0.717) is 17.1 Å². The molecule has 1 amide bonds. The lowest BCUT2D eigenvalue weighted by atomic mass is 9.87. The minimum atomic E-state index is -4.90. The molecule has 2 atom stereocenters. The van der Waals surface area contributed by atoms with Gasteiger partial charge in [0.05, 0.1) is 17.8 Å². The van der Waals surface area contributed by atoms with Gasteiger partial charge >= 0.3 is 6.36 Å². The molecule has 1 aliphatic rings. The number of anilines is 1. The fourth-order valence-corrected chi connectivity index (χ4v) is 3.92. The van der Waals surface area contributed by atoms with Gasteiger partial charge in [-0.1, -0.05) is 0 Å². The molecule has 0 radical (unpaired) electrons. The molecule has 3 heterocycles. The van der Waals surface area contributed by atoms with Crippen molar-refractivity contribution < 1.29 is 37.0 Å². The predicted molar refractivity (Wildman–Crippen MR) is 123 cm³/mol. The lowest BCUT2D eigenvalue weighted by molar-refractivity contribution is -0.274. The van der Waals surface area contributed by atoms with Crippen LogP contribution in [0.1, 0.15) is 41.5 Å². The van der Waals surface area contributed by atoms with E-state index in [1.807, 2.05) is 13.8 Å². The number of ketones is 2. The van der Waals surface area contributed by atoms with E-state index in [1.165, 1.54) is 12.3 Å². The summed E-state index contributed by atoms with van der Waals surface area (Å²) >= 11 is 0. The van der Waals surface area contributed by atoms with Crippen molar-refractivity contribution in [2.75, 3.05) is 4.90 Å². The van der Waals surface area contributed by atoms with Crippen LogP contribution in [0, 0.1) is 12.8 Å². The van der Waals surface area contributed by atoms with E-state index in [9.17, 15) is 27.6 Å². The third-order valence-electron chi connectivity index (χ3n) is 5.45. The Balaban J connectivity index is 1.74. The topological polar surface area (TPSA) is 112 Å². The van der Waals surface area contributed by atoms with E-state index in [2.05, 4.69) is 19.9 Å². The SMILES string of the molecule is Cc1ccc(N2C(=O)C(=O)C(C(=O)c3ccc(OC(F)(F)F)cc3)C2c2ccc(OC(C)C)nc2)nn1. The first kappa shape index (κ1) is 25.7. The predicted octanol–water partition coefficient (Wildman–Crippen LogP) is 4.02.